The van der Waals surface area contributed by atoms with Gasteiger partial charge in [0.15, 0.2) is 5.69 Å². The average molecular weight is 255 g/mol. The summed E-state index contributed by atoms with van der Waals surface area (Å²) < 4.78 is 0. The molecule has 1 rings (SSSR count). The van der Waals surface area contributed by atoms with Crippen LogP contribution in [0.4, 0.5) is 0 Å². The van der Waals surface area contributed by atoms with E-state index in [1.54, 1.807) is 12.2 Å². The topological polar surface area (TPSA) is 79.3 Å². The van der Waals surface area contributed by atoms with Crippen molar-refractivity contribution in [3.63, 3.8) is 0 Å². The Balaban J connectivity index is 2.70. The molecule has 1 heterocycles. The molecule has 0 aliphatic carbocycles. The Labute approximate surface area is 103 Å². The van der Waals surface area contributed by atoms with Crippen molar-refractivity contribution in [1.82, 2.24) is 10.3 Å². The number of aromatic carboxylic acids is 1. The summed E-state index contributed by atoms with van der Waals surface area (Å²) in [4.78, 5) is 25.0. The molecule has 2 N–H and O–H groups in total. The zero-order valence-electron chi connectivity index (χ0n) is 9.11. The van der Waals surface area contributed by atoms with Crippen LogP contribution < -0.4 is 5.32 Å². The van der Waals surface area contributed by atoms with Crippen molar-refractivity contribution >= 4 is 29.6 Å². The van der Waals surface area contributed by atoms with E-state index in [-0.39, 0.29) is 16.6 Å². The number of carboxylic acids is 1. The third-order valence-electron chi connectivity index (χ3n) is 1.84. The second-order valence-corrected chi connectivity index (χ2v) is 3.65. The number of rotatable bonds is 4. The smallest absolute Gasteiger partial charge is 0.356 e. The summed E-state index contributed by atoms with van der Waals surface area (Å²) in [5.41, 5.74) is 0.496. The molecule has 0 aromatic carbocycles. The SMILES string of the molecule is CC(=O)NCC=Cc1cnc(C(=O)O)c(Cl)c1. The number of aromatic nitrogens is 1. The summed E-state index contributed by atoms with van der Waals surface area (Å²) in [6.45, 7) is 1.82. The maximum absolute atomic E-state index is 10.7. The Bertz CT molecular complexity index is 472. The van der Waals surface area contributed by atoms with E-state index in [0.717, 1.165) is 0 Å². The van der Waals surface area contributed by atoms with E-state index in [4.69, 9.17) is 16.7 Å². The molecule has 0 fully saturated rings. The van der Waals surface area contributed by atoms with Crippen molar-refractivity contribution in [2.45, 2.75) is 6.92 Å². The average Bonchev–Trinajstić information content (AvgIpc) is 2.23. The van der Waals surface area contributed by atoms with Gasteiger partial charge in [0.05, 0.1) is 5.02 Å². The Kier molecular flexibility index (Phi) is 4.66. The third kappa shape index (κ3) is 4.24. The quantitative estimate of drug-likeness (QED) is 0.855. The van der Waals surface area contributed by atoms with Crippen LogP contribution in [0.5, 0.6) is 0 Å². The van der Waals surface area contributed by atoms with Crippen molar-refractivity contribution < 1.29 is 14.7 Å². The predicted molar refractivity (Wildman–Crippen MR) is 63.9 cm³/mol. The minimum atomic E-state index is -1.16. The minimum absolute atomic E-state index is 0.0826. The van der Waals surface area contributed by atoms with E-state index in [0.29, 0.717) is 12.1 Å². The van der Waals surface area contributed by atoms with E-state index in [9.17, 15) is 9.59 Å². The highest BCUT2D eigenvalue weighted by Crippen LogP contribution is 2.15. The number of hydrogen-bond acceptors (Lipinski definition) is 3. The summed E-state index contributed by atoms with van der Waals surface area (Å²) in [5, 5.41) is 11.4. The number of nitrogens with one attached hydrogen (secondary N) is 1. The van der Waals surface area contributed by atoms with Crippen LogP contribution in [0.2, 0.25) is 5.02 Å². The molecule has 1 amide bonds. The van der Waals surface area contributed by atoms with Crippen molar-refractivity contribution in [2.24, 2.45) is 0 Å². The molecule has 1 aromatic rings. The van der Waals surface area contributed by atoms with Crippen molar-refractivity contribution in [3.05, 3.63) is 34.6 Å². The molecular weight excluding hydrogens is 244 g/mol. The van der Waals surface area contributed by atoms with Crippen LogP contribution in [0.1, 0.15) is 23.0 Å². The van der Waals surface area contributed by atoms with Gasteiger partial charge in [0.1, 0.15) is 0 Å². The number of carbonyl (C=O) groups is 2. The summed E-state index contributed by atoms with van der Waals surface area (Å²) in [6, 6.07) is 1.50. The summed E-state index contributed by atoms with van der Waals surface area (Å²) >= 11 is 5.74. The Morgan fingerprint density at radius 2 is 2.29 bits per heavy atom. The molecule has 0 radical (unpaired) electrons. The van der Waals surface area contributed by atoms with Gasteiger partial charge in [-0.2, -0.15) is 0 Å². The first kappa shape index (κ1) is 13.2. The van der Waals surface area contributed by atoms with Crippen LogP contribution in [0, 0.1) is 0 Å². The molecule has 0 aliphatic rings. The van der Waals surface area contributed by atoms with Gasteiger partial charge in [-0.25, -0.2) is 9.78 Å². The largest absolute Gasteiger partial charge is 0.476 e. The monoisotopic (exact) mass is 254 g/mol. The van der Waals surface area contributed by atoms with Crippen LogP contribution in [0.15, 0.2) is 18.3 Å². The predicted octanol–water partition coefficient (Wildman–Crippen LogP) is 1.58. The fourth-order valence-corrected chi connectivity index (χ4v) is 1.35. The highest BCUT2D eigenvalue weighted by molar-refractivity contribution is 6.33. The molecule has 0 spiro atoms. The van der Waals surface area contributed by atoms with E-state index >= 15 is 0 Å². The zero-order valence-corrected chi connectivity index (χ0v) is 9.86. The van der Waals surface area contributed by atoms with Gasteiger partial charge in [-0.1, -0.05) is 23.8 Å². The normalized spacial score (nSPS) is 10.5. The lowest BCUT2D eigenvalue weighted by Crippen LogP contribution is -2.19. The van der Waals surface area contributed by atoms with Gasteiger partial charge in [-0.05, 0) is 11.6 Å². The Morgan fingerprint density at radius 1 is 1.59 bits per heavy atom. The molecule has 0 atom stereocenters. The van der Waals surface area contributed by atoms with E-state index in [2.05, 4.69) is 10.3 Å². The maximum atomic E-state index is 10.7. The molecule has 0 aliphatic heterocycles. The first-order chi connectivity index (χ1) is 8.00. The molecule has 6 heteroatoms. The van der Waals surface area contributed by atoms with Gasteiger partial charge in [-0.3, -0.25) is 4.79 Å². The van der Waals surface area contributed by atoms with E-state index in [1.165, 1.54) is 19.2 Å². The molecule has 17 heavy (non-hydrogen) atoms. The van der Waals surface area contributed by atoms with Gasteiger partial charge in [0, 0.05) is 19.7 Å². The van der Waals surface area contributed by atoms with Crippen LogP contribution in [0.3, 0.4) is 0 Å². The van der Waals surface area contributed by atoms with Crippen LogP contribution in [0.25, 0.3) is 6.08 Å². The zero-order chi connectivity index (χ0) is 12.8. The number of carbonyl (C=O) groups excluding carboxylic acids is 1. The molecule has 0 unspecified atom stereocenters. The molecule has 90 valence electrons. The number of nitrogens with zero attached hydrogens (tertiary/aromatic N) is 1. The summed E-state index contributed by atoms with van der Waals surface area (Å²) in [5.74, 6) is -1.28. The van der Waals surface area contributed by atoms with Gasteiger partial charge in [0.25, 0.3) is 0 Å². The maximum Gasteiger partial charge on any atom is 0.356 e. The molecule has 0 saturated carbocycles. The number of amides is 1. The number of hydrogen-bond donors (Lipinski definition) is 2. The Morgan fingerprint density at radius 3 is 2.82 bits per heavy atom. The first-order valence-electron chi connectivity index (χ1n) is 4.80. The van der Waals surface area contributed by atoms with Crippen molar-refractivity contribution in [2.75, 3.05) is 6.54 Å². The molecule has 5 nitrogen and oxygen atoms in total. The van der Waals surface area contributed by atoms with Crippen molar-refractivity contribution in [3.8, 4) is 0 Å². The van der Waals surface area contributed by atoms with E-state index < -0.39 is 5.97 Å². The van der Waals surface area contributed by atoms with E-state index in [1.807, 2.05) is 0 Å². The van der Waals surface area contributed by atoms with Gasteiger partial charge < -0.3 is 10.4 Å². The summed E-state index contributed by atoms with van der Waals surface area (Å²) in [6.07, 6.45) is 4.81. The molecule has 0 bridgehead atoms. The number of pyridine rings is 1. The van der Waals surface area contributed by atoms with Gasteiger partial charge in [0.2, 0.25) is 5.91 Å². The lowest BCUT2D eigenvalue weighted by Gasteiger charge is -1.99. The first-order valence-corrected chi connectivity index (χ1v) is 5.18. The van der Waals surface area contributed by atoms with Crippen LogP contribution >= 0.6 is 11.6 Å². The number of carboxylic acid groups (broad SMARTS) is 1. The Hall–Kier alpha value is -1.88. The minimum Gasteiger partial charge on any atom is -0.476 e. The van der Waals surface area contributed by atoms with Crippen molar-refractivity contribution in [1.29, 1.82) is 0 Å². The molecule has 0 saturated heterocycles. The van der Waals surface area contributed by atoms with Gasteiger partial charge >= 0.3 is 5.97 Å². The molecular formula is C11H11ClN2O3. The fourth-order valence-electron chi connectivity index (χ4n) is 1.10. The second-order valence-electron chi connectivity index (χ2n) is 3.24. The lowest BCUT2D eigenvalue weighted by atomic mass is 10.2. The summed E-state index contributed by atoms with van der Waals surface area (Å²) in [7, 11) is 0. The lowest BCUT2D eigenvalue weighted by molar-refractivity contribution is -0.118. The fraction of sp³-hybridized carbons (Fsp3) is 0.182. The second kappa shape index (κ2) is 6.00. The highest BCUT2D eigenvalue weighted by atomic mass is 35.5. The molecule has 1 aromatic heterocycles. The van der Waals surface area contributed by atoms with Gasteiger partial charge in [-0.15, -0.1) is 0 Å². The number of halogens is 1. The third-order valence-corrected chi connectivity index (χ3v) is 2.13. The van der Waals surface area contributed by atoms with Crippen LogP contribution in [-0.2, 0) is 4.79 Å². The van der Waals surface area contributed by atoms with Crippen LogP contribution in [-0.4, -0.2) is 28.5 Å². The standard InChI is InChI=1S/C11H11ClN2O3/c1-7(15)13-4-2-3-8-5-9(12)10(11(16)17)14-6-8/h2-3,5-6H,4H2,1H3,(H,13,15)(H,16,17). The highest BCUT2D eigenvalue weighted by Gasteiger charge is 2.09.